The third-order valence-electron chi connectivity index (χ3n) is 6.63. The number of anilines is 1. The van der Waals surface area contributed by atoms with Crippen molar-refractivity contribution in [1.82, 2.24) is 15.2 Å². The number of hydrogen-bond acceptors (Lipinski definition) is 5. The van der Waals surface area contributed by atoms with Crippen LogP contribution in [0.1, 0.15) is 48.2 Å². The number of rotatable bonds is 11. The Labute approximate surface area is 235 Å². The summed E-state index contributed by atoms with van der Waals surface area (Å²) >= 11 is 0. The van der Waals surface area contributed by atoms with Gasteiger partial charge in [0.1, 0.15) is 0 Å². The summed E-state index contributed by atoms with van der Waals surface area (Å²) in [4.78, 5) is 36.7. The van der Waals surface area contributed by atoms with E-state index in [9.17, 15) is 14.7 Å². The summed E-state index contributed by atoms with van der Waals surface area (Å²) in [6.45, 7) is 5.71. The van der Waals surface area contributed by atoms with Gasteiger partial charge in [0.2, 0.25) is 5.91 Å². The summed E-state index contributed by atoms with van der Waals surface area (Å²) in [7, 11) is 4.04. The second kappa shape index (κ2) is 13.1. The quantitative estimate of drug-likeness (QED) is 0.220. The van der Waals surface area contributed by atoms with Gasteiger partial charge in [-0.1, -0.05) is 43.3 Å². The van der Waals surface area contributed by atoms with E-state index in [1.807, 2.05) is 81.7 Å². The lowest BCUT2D eigenvalue weighted by atomic mass is 10.00. The van der Waals surface area contributed by atoms with Gasteiger partial charge in [-0.2, -0.15) is 0 Å². The first kappa shape index (κ1) is 28.6. The van der Waals surface area contributed by atoms with E-state index in [0.29, 0.717) is 41.1 Å². The van der Waals surface area contributed by atoms with Crippen LogP contribution in [0, 0.1) is 0 Å². The molecule has 0 aliphatic rings. The van der Waals surface area contributed by atoms with Crippen LogP contribution in [0.4, 0.5) is 11.4 Å². The molecule has 8 heteroatoms. The zero-order chi connectivity index (χ0) is 28.6. The van der Waals surface area contributed by atoms with Crippen molar-refractivity contribution >= 4 is 39.8 Å². The first-order valence-electron chi connectivity index (χ1n) is 13.6. The zero-order valence-corrected chi connectivity index (χ0v) is 23.6. The summed E-state index contributed by atoms with van der Waals surface area (Å²) in [5.74, 6) is -0.187. The van der Waals surface area contributed by atoms with Crippen molar-refractivity contribution in [3.05, 3.63) is 89.5 Å². The number of hydrogen-bond donors (Lipinski definition) is 3. The maximum absolute atomic E-state index is 12.5. The molecule has 8 nitrogen and oxygen atoms in total. The van der Waals surface area contributed by atoms with Crippen LogP contribution in [0.15, 0.2) is 77.8 Å². The van der Waals surface area contributed by atoms with Gasteiger partial charge in [-0.3, -0.25) is 9.59 Å². The molecule has 208 valence electrons. The Kier molecular flexibility index (Phi) is 9.35. The normalized spacial score (nSPS) is 11.7. The van der Waals surface area contributed by atoms with Crippen molar-refractivity contribution in [1.29, 1.82) is 0 Å². The molecule has 1 aromatic heterocycles. The molecule has 0 atom stereocenters. The minimum atomic E-state index is -0.155. The van der Waals surface area contributed by atoms with Gasteiger partial charge < -0.3 is 25.2 Å². The van der Waals surface area contributed by atoms with E-state index in [0.717, 1.165) is 36.0 Å². The highest BCUT2D eigenvalue weighted by Gasteiger charge is 2.20. The van der Waals surface area contributed by atoms with Crippen molar-refractivity contribution in [2.75, 3.05) is 38.6 Å². The number of carbonyl (C=O) groups is 2. The van der Waals surface area contributed by atoms with Crippen LogP contribution >= 0.6 is 0 Å². The van der Waals surface area contributed by atoms with Crippen LogP contribution in [0.3, 0.4) is 0 Å². The number of aromatic amines is 1. The van der Waals surface area contributed by atoms with Gasteiger partial charge in [-0.05, 0) is 69.9 Å². The van der Waals surface area contributed by atoms with Crippen molar-refractivity contribution < 1.29 is 14.7 Å². The van der Waals surface area contributed by atoms with Crippen LogP contribution in [0.25, 0.3) is 10.9 Å². The zero-order valence-electron chi connectivity index (χ0n) is 23.6. The molecule has 0 bridgehead atoms. The van der Waals surface area contributed by atoms with E-state index in [1.54, 1.807) is 24.0 Å². The van der Waals surface area contributed by atoms with Gasteiger partial charge in [-0.25, -0.2) is 4.99 Å². The van der Waals surface area contributed by atoms with Gasteiger partial charge in [0.05, 0.1) is 17.0 Å². The molecule has 0 aliphatic heterocycles. The molecule has 40 heavy (non-hydrogen) atoms. The number of benzene rings is 3. The fourth-order valence-corrected chi connectivity index (χ4v) is 4.62. The minimum Gasteiger partial charge on any atom is -0.494 e. The van der Waals surface area contributed by atoms with Gasteiger partial charge in [-0.15, -0.1) is 0 Å². The Bertz CT molecular complexity index is 1490. The van der Waals surface area contributed by atoms with Gasteiger partial charge >= 0.3 is 0 Å². The lowest BCUT2D eigenvalue weighted by Gasteiger charge is -2.22. The fraction of sp³-hybridized carbons (Fsp3) is 0.281. The summed E-state index contributed by atoms with van der Waals surface area (Å²) in [5, 5.41) is 14.7. The SMILES string of the molecule is CCCNC(=O)c1ccc2c(C(=Nc3ccc(N(CCCN(C)C)C(C)=O)cc3)c3ccccc3)c(O)[nH]c2c1. The van der Waals surface area contributed by atoms with Crippen LogP contribution in [-0.2, 0) is 4.79 Å². The molecular formula is C32H37N5O3. The third kappa shape index (κ3) is 6.76. The Morgan fingerprint density at radius 1 is 0.950 bits per heavy atom. The molecule has 0 radical (unpaired) electrons. The van der Waals surface area contributed by atoms with Gasteiger partial charge in [0.15, 0.2) is 5.88 Å². The smallest absolute Gasteiger partial charge is 0.251 e. The van der Waals surface area contributed by atoms with Crippen LogP contribution in [0.5, 0.6) is 5.88 Å². The molecular weight excluding hydrogens is 502 g/mol. The van der Waals surface area contributed by atoms with E-state index in [1.165, 1.54) is 0 Å². The topological polar surface area (TPSA) is 101 Å². The van der Waals surface area contributed by atoms with Crippen LogP contribution < -0.4 is 10.2 Å². The summed E-state index contributed by atoms with van der Waals surface area (Å²) in [5.41, 5.74) is 4.64. The lowest BCUT2D eigenvalue weighted by molar-refractivity contribution is -0.116. The van der Waals surface area contributed by atoms with Gasteiger partial charge in [0.25, 0.3) is 5.91 Å². The minimum absolute atomic E-state index is 0.00792. The number of fused-ring (bicyclic) bond motifs is 1. The van der Waals surface area contributed by atoms with Gasteiger partial charge in [0, 0.05) is 47.7 Å². The molecule has 2 amide bonds. The molecule has 4 aromatic rings. The molecule has 0 saturated heterocycles. The van der Waals surface area contributed by atoms with Crippen molar-refractivity contribution in [2.24, 2.45) is 4.99 Å². The number of nitrogens with one attached hydrogen (secondary N) is 2. The molecule has 0 saturated carbocycles. The van der Waals surface area contributed by atoms with E-state index >= 15 is 0 Å². The second-order valence-electron chi connectivity index (χ2n) is 10.0. The van der Waals surface area contributed by atoms with Crippen LogP contribution in [0.2, 0.25) is 0 Å². The van der Waals surface area contributed by atoms with E-state index < -0.39 is 0 Å². The van der Waals surface area contributed by atoms with Crippen LogP contribution in [-0.4, -0.2) is 66.2 Å². The van der Waals surface area contributed by atoms with E-state index in [-0.39, 0.29) is 17.7 Å². The highest BCUT2D eigenvalue weighted by molar-refractivity contribution is 6.22. The summed E-state index contributed by atoms with van der Waals surface area (Å²) in [6, 6.07) is 22.6. The molecule has 0 fully saturated rings. The highest BCUT2D eigenvalue weighted by atomic mass is 16.3. The maximum atomic E-state index is 12.5. The molecule has 1 heterocycles. The Morgan fingerprint density at radius 2 is 1.68 bits per heavy atom. The highest BCUT2D eigenvalue weighted by Crippen LogP contribution is 2.32. The summed E-state index contributed by atoms with van der Waals surface area (Å²) < 4.78 is 0. The first-order chi connectivity index (χ1) is 19.3. The average Bonchev–Trinajstić information content (AvgIpc) is 3.28. The molecule has 0 unspecified atom stereocenters. The van der Waals surface area contributed by atoms with Crippen molar-refractivity contribution in [3.8, 4) is 5.88 Å². The molecule has 3 N–H and O–H groups in total. The number of nitrogens with zero attached hydrogens (tertiary/aromatic N) is 3. The predicted octanol–water partition coefficient (Wildman–Crippen LogP) is 5.49. The Balaban J connectivity index is 1.72. The molecule has 0 spiro atoms. The first-order valence-corrected chi connectivity index (χ1v) is 13.6. The maximum Gasteiger partial charge on any atom is 0.251 e. The monoisotopic (exact) mass is 539 g/mol. The lowest BCUT2D eigenvalue weighted by Crippen LogP contribution is -2.31. The second-order valence-corrected chi connectivity index (χ2v) is 10.0. The number of aromatic nitrogens is 1. The number of amides is 2. The van der Waals surface area contributed by atoms with E-state index in [2.05, 4.69) is 15.2 Å². The number of H-pyrrole nitrogens is 1. The molecule has 0 aliphatic carbocycles. The average molecular weight is 540 g/mol. The largest absolute Gasteiger partial charge is 0.494 e. The number of carbonyl (C=O) groups excluding carboxylic acids is 2. The Hall–Kier alpha value is -4.43. The molecule has 4 rings (SSSR count). The van der Waals surface area contributed by atoms with E-state index in [4.69, 9.17) is 4.99 Å². The van der Waals surface area contributed by atoms with Crippen molar-refractivity contribution in [2.45, 2.75) is 26.7 Å². The predicted molar refractivity (Wildman–Crippen MR) is 162 cm³/mol. The van der Waals surface area contributed by atoms with Crippen molar-refractivity contribution in [3.63, 3.8) is 0 Å². The number of aliphatic imine (C=N–C) groups is 1. The molecule has 3 aromatic carbocycles. The Morgan fingerprint density at radius 3 is 2.33 bits per heavy atom. The third-order valence-corrected chi connectivity index (χ3v) is 6.63. The standard InChI is InChI=1S/C32H37N5O3/c1-5-18-33-31(39)24-12-17-27-28(21-24)35-32(40)29(27)30(23-10-7-6-8-11-23)34-25-13-15-26(16-14-25)37(22(2)38)20-9-19-36(3)4/h6-8,10-17,21,35,40H,5,9,18-20H2,1-4H3,(H,33,39). The fourth-order valence-electron chi connectivity index (χ4n) is 4.62. The summed E-state index contributed by atoms with van der Waals surface area (Å²) in [6.07, 6.45) is 1.72. The number of aromatic hydroxyl groups is 1.